The van der Waals surface area contributed by atoms with Crippen LogP contribution in [0.15, 0.2) is 32.3 Å². The molecule has 8 nitrogen and oxygen atoms in total. The number of aryl methyl sites for hydroxylation is 1. The molecule has 0 saturated carbocycles. The number of nitrogens with one attached hydrogen (secondary N) is 2. The van der Waals surface area contributed by atoms with Crippen molar-refractivity contribution in [3.63, 3.8) is 0 Å². The van der Waals surface area contributed by atoms with Gasteiger partial charge in [-0.25, -0.2) is 17.9 Å². The summed E-state index contributed by atoms with van der Waals surface area (Å²) >= 11 is 0. The van der Waals surface area contributed by atoms with E-state index in [1.165, 1.54) is 16.7 Å². The van der Waals surface area contributed by atoms with Crippen LogP contribution in [0, 0.1) is 5.41 Å². The first-order valence-corrected chi connectivity index (χ1v) is 9.64. The van der Waals surface area contributed by atoms with E-state index in [2.05, 4.69) is 10.0 Å². The van der Waals surface area contributed by atoms with Crippen LogP contribution in [0.3, 0.4) is 0 Å². The van der Waals surface area contributed by atoms with E-state index in [4.69, 9.17) is 9.15 Å². The molecule has 1 aliphatic rings. The van der Waals surface area contributed by atoms with Crippen LogP contribution in [0.1, 0.15) is 12.8 Å². The molecule has 26 heavy (non-hydrogen) atoms. The highest BCUT2D eigenvalue weighted by Crippen LogP contribution is 2.29. The Morgan fingerprint density at radius 3 is 2.69 bits per heavy atom. The summed E-state index contributed by atoms with van der Waals surface area (Å²) in [5, 5.41) is 3.28. The standard InChI is InChI=1S/C16H23N3O5S.ClH/c1-19-13-4-3-12(9-14(13)24-15(19)20)25(21,22)18-10-16(11-23-2)5-7-17-8-6-16;/h3-4,9,17-18H,5-8,10-11H2,1-2H3;1H. The number of ether oxygens (including phenoxy) is 1. The zero-order chi connectivity index (χ0) is 18.1. The molecule has 0 aliphatic carbocycles. The van der Waals surface area contributed by atoms with Crippen LogP contribution >= 0.6 is 12.4 Å². The van der Waals surface area contributed by atoms with E-state index in [1.807, 2.05) is 0 Å². The number of piperidine rings is 1. The van der Waals surface area contributed by atoms with Gasteiger partial charge in [0.1, 0.15) is 0 Å². The third-order valence-electron chi connectivity index (χ3n) is 4.83. The zero-order valence-electron chi connectivity index (χ0n) is 14.8. The van der Waals surface area contributed by atoms with Crippen molar-refractivity contribution in [2.24, 2.45) is 12.5 Å². The molecule has 1 saturated heterocycles. The molecule has 0 unspecified atom stereocenters. The molecule has 1 aliphatic heterocycles. The van der Waals surface area contributed by atoms with Gasteiger partial charge in [0.15, 0.2) is 5.58 Å². The first kappa shape index (κ1) is 20.9. The lowest BCUT2D eigenvalue weighted by Gasteiger charge is -2.37. The SMILES string of the molecule is COCC1(CNS(=O)(=O)c2ccc3c(c2)oc(=O)n3C)CCNCC1.Cl. The summed E-state index contributed by atoms with van der Waals surface area (Å²) in [5.74, 6) is -0.522. The van der Waals surface area contributed by atoms with E-state index in [0.717, 1.165) is 25.9 Å². The number of oxazole rings is 1. The molecule has 0 amide bonds. The first-order chi connectivity index (χ1) is 11.9. The van der Waals surface area contributed by atoms with Crippen LogP contribution in [0.25, 0.3) is 11.1 Å². The Kier molecular flexibility index (Phi) is 6.51. The van der Waals surface area contributed by atoms with E-state index >= 15 is 0 Å². The molecule has 0 spiro atoms. The maximum Gasteiger partial charge on any atom is 0.419 e. The minimum Gasteiger partial charge on any atom is -0.408 e. The van der Waals surface area contributed by atoms with E-state index in [9.17, 15) is 13.2 Å². The smallest absolute Gasteiger partial charge is 0.408 e. The van der Waals surface area contributed by atoms with Crippen LogP contribution in [0.4, 0.5) is 0 Å². The zero-order valence-corrected chi connectivity index (χ0v) is 16.4. The molecule has 146 valence electrons. The quantitative estimate of drug-likeness (QED) is 0.738. The molecular formula is C16H24ClN3O5S. The predicted molar refractivity (Wildman–Crippen MR) is 100 cm³/mol. The van der Waals surface area contributed by atoms with Crippen LogP contribution in [-0.4, -0.2) is 46.3 Å². The van der Waals surface area contributed by atoms with Crippen molar-refractivity contribution in [3.8, 4) is 0 Å². The van der Waals surface area contributed by atoms with Gasteiger partial charge in [-0.2, -0.15) is 0 Å². The summed E-state index contributed by atoms with van der Waals surface area (Å²) in [6, 6.07) is 4.43. The van der Waals surface area contributed by atoms with Crippen molar-refractivity contribution >= 4 is 33.5 Å². The minimum absolute atomic E-state index is 0. The molecule has 2 N–H and O–H groups in total. The Bertz CT molecular complexity index is 910. The fraction of sp³-hybridized carbons (Fsp3) is 0.562. The summed E-state index contributed by atoms with van der Waals surface area (Å²) in [6.07, 6.45) is 1.69. The summed E-state index contributed by atoms with van der Waals surface area (Å²) in [5.41, 5.74) is 0.596. The van der Waals surface area contributed by atoms with Gasteiger partial charge in [0.2, 0.25) is 10.0 Å². The van der Waals surface area contributed by atoms with E-state index in [-0.39, 0.29) is 28.3 Å². The Morgan fingerprint density at radius 2 is 2.04 bits per heavy atom. The van der Waals surface area contributed by atoms with Crippen LogP contribution in [0.2, 0.25) is 0 Å². The number of nitrogens with zero attached hydrogens (tertiary/aromatic N) is 1. The van der Waals surface area contributed by atoms with E-state index in [1.54, 1.807) is 20.2 Å². The lowest BCUT2D eigenvalue weighted by molar-refractivity contribution is 0.0577. The fourth-order valence-corrected chi connectivity index (χ4v) is 4.42. The third-order valence-corrected chi connectivity index (χ3v) is 6.22. The van der Waals surface area contributed by atoms with Crippen molar-refractivity contribution in [1.29, 1.82) is 0 Å². The first-order valence-electron chi connectivity index (χ1n) is 8.16. The highest BCUT2D eigenvalue weighted by atomic mass is 35.5. The highest BCUT2D eigenvalue weighted by Gasteiger charge is 2.33. The van der Waals surface area contributed by atoms with Gasteiger partial charge in [-0.05, 0) is 38.1 Å². The largest absolute Gasteiger partial charge is 0.419 e. The number of sulfonamides is 1. The van der Waals surface area contributed by atoms with Gasteiger partial charge < -0.3 is 14.5 Å². The minimum atomic E-state index is -3.71. The Labute approximate surface area is 158 Å². The van der Waals surface area contributed by atoms with Gasteiger partial charge in [0.05, 0.1) is 17.0 Å². The Hall–Kier alpha value is -1.39. The van der Waals surface area contributed by atoms with Gasteiger partial charge in [-0.1, -0.05) is 0 Å². The fourth-order valence-electron chi connectivity index (χ4n) is 3.25. The average molecular weight is 406 g/mol. The number of hydrogen-bond donors (Lipinski definition) is 2. The highest BCUT2D eigenvalue weighted by molar-refractivity contribution is 7.89. The third kappa shape index (κ3) is 4.12. The van der Waals surface area contributed by atoms with Gasteiger partial charge in [-0.15, -0.1) is 12.4 Å². The van der Waals surface area contributed by atoms with E-state index in [0.29, 0.717) is 18.7 Å². The number of fused-ring (bicyclic) bond motifs is 1. The molecule has 0 bridgehead atoms. The van der Waals surface area contributed by atoms with Crippen molar-refractivity contribution in [2.75, 3.05) is 33.4 Å². The lowest BCUT2D eigenvalue weighted by Crippen LogP contribution is -2.47. The monoisotopic (exact) mass is 405 g/mol. The number of halogens is 1. The maximum atomic E-state index is 12.7. The summed E-state index contributed by atoms with van der Waals surface area (Å²) in [6.45, 7) is 2.49. The maximum absolute atomic E-state index is 12.7. The van der Waals surface area contributed by atoms with Crippen molar-refractivity contribution in [1.82, 2.24) is 14.6 Å². The molecule has 10 heteroatoms. The second-order valence-corrected chi connectivity index (χ2v) is 8.33. The second kappa shape index (κ2) is 8.10. The molecule has 1 fully saturated rings. The van der Waals surface area contributed by atoms with Gasteiger partial charge in [-0.3, -0.25) is 4.57 Å². The number of hydrogen-bond acceptors (Lipinski definition) is 6. The van der Waals surface area contributed by atoms with Gasteiger partial charge >= 0.3 is 5.76 Å². The average Bonchev–Trinajstić information content (AvgIpc) is 2.88. The van der Waals surface area contributed by atoms with Crippen molar-refractivity contribution in [2.45, 2.75) is 17.7 Å². The summed E-state index contributed by atoms with van der Waals surface area (Å²) < 4.78 is 39.7. The Balaban J connectivity index is 0.00000243. The summed E-state index contributed by atoms with van der Waals surface area (Å²) in [4.78, 5) is 11.6. The van der Waals surface area contributed by atoms with Crippen LogP contribution < -0.4 is 15.8 Å². The predicted octanol–water partition coefficient (Wildman–Crippen LogP) is 0.848. The number of benzene rings is 1. The Morgan fingerprint density at radius 1 is 1.35 bits per heavy atom. The van der Waals surface area contributed by atoms with Gasteiger partial charge in [0.25, 0.3) is 0 Å². The van der Waals surface area contributed by atoms with Crippen molar-refractivity contribution < 1.29 is 17.6 Å². The normalized spacial score (nSPS) is 17.2. The number of methoxy groups -OCH3 is 1. The van der Waals surface area contributed by atoms with Crippen molar-refractivity contribution in [3.05, 3.63) is 28.7 Å². The number of rotatable bonds is 6. The molecule has 2 aromatic rings. The lowest BCUT2D eigenvalue weighted by atomic mass is 9.80. The molecule has 1 aromatic heterocycles. The molecular weight excluding hydrogens is 382 g/mol. The number of aromatic nitrogens is 1. The molecule has 2 heterocycles. The molecule has 0 atom stereocenters. The second-order valence-electron chi connectivity index (χ2n) is 6.56. The van der Waals surface area contributed by atoms with Crippen LogP contribution in [0.5, 0.6) is 0 Å². The van der Waals surface area contributed by atoms with Gasteiger partial charge in [0, 0.05) is 32.2 Å². The van der Waals surface area contributed by atoms with E-state index < -0.39 is 15.8 Å². The topological polar surface area (TPSA) is 103 Å². The molecule has 1 aromatic carbocycles. The molecule has 0 radical (unpaired) electrons. The van der Waals surface area contributed by atoms with Crippen LogP contribution in [-0.2, 0) is 21.8 Å². The summed E-state index contributed by atoms with van der Waals surface area (Å²) in [7, 11) is -0.504. The molecule has 3 rings (SSSR count).